The fourth-order valence-corrected chi connectivity index (χ4v) is 6.32. The van der Waals surface area contributed by atoms with Crippen LogP contribution in [0.2, 0.25) is 0 Å². The van der Waals surface area contributed by atoms with Crippen LogP contribution < -0.4 is 10.1 Å². The molecule has 0 saturated carbocycles. The fraction of sp³-hybridized carbons (Fsp3) is 0.409. The second kappa shape index (κ2) is 9.80. The van der Waals surface area contributed by atoms with Crippen molar-refractivity contribution in [2.45, 2.75) is 29.6 Å². The quantitative estimate of drug-likeness (QED) is 0.632. The lowest BCUT2D eigenvalue weighted by molar-refractivity contribution is 0.102. The third kappa shape index (κ3) is 5.37. The van der Waals surface area contributed by atoms with Crippen molar-refractivity contribution in [3.05, 3.63) is 48.0 Å². The maximum Gasteiger partial charge on any atom is 0.255 e. The highest BCUT2D eigenvalue weighted by Crippen LogP contribution is 2.28. The first kappa shape index (κ1) is 25.2. The van der Waals surface area contributed by atoms with E-state index >= 15 is 0 Å². The summed E-state index contributed by atoms with van der Waals surface area (Å²) in [5.74, 6) is -0.0899. The van der Waals surface area contributed by atoms with Gasteiger partial charge in [-0.15, -0.1) is 0 Å². The van der Waals surface area contributed by atoms with Crippen LogP contribution in [0, 0.1) is 5.92 Å². The molecule has 1 saturated heterocycles. The number of carbonyl (C=O) groups excluding carboxylic acids is 1. The average Bonchev–Trinajstić information content (AvgIpc) is 2.78. The molecule has 1 aliphatic heterocycles. The van der Waals surface area contributed by atoms with Crippen LogP contribution >= 0.6 is 0 Å². The molecule has 1 N–H and O–H groups in total. The second-order valence-corrected chi connectivity index (χ2v) is 12.3. The third-order valence-electron chi connectivity index (χ3n) is 5.55. The van der Waals surface area contributed by atoms with Crippen molar-refractivity contribution in [2.75, 3.05) is 39.6 Å². The Balaban J connectivity index is 1.80. The number of methoxy groups -OCH3 is 1. The topological polar surface area (TPSA) is 113 Å². The monoisotopic (exact) mass is 495 g/mol. The molecule has 1 amide bonds. The Morgan fingerprint density at radius 1 is 1.09 bits per heavy atom. The van der Waals surface area contributed by atoms with Gasteiger partial charge in [0.05, 0.1) is 12.0 Å². The number of hydrogen-bond donors (Lipinski definition) is 1. The van der Waals surface area contributed by atoms with E-state index in [1.54, 1.807) is 0 Å². The molecule has 0 radical (unpaired) electrons. The van der Waals surface area contributed by atoms with Gasteiger partial charge < -0.3 is 10.1 Å². The van der Waals surface area contributed by atoms with Gasteiger partial charge in [-0.05, 0) is 61.2 Å². The number of nitrogens with zero attached hydrogens (tertiary/aromatic N) is 2. The van der Waals surface area contributed by atoms with Crippen LogP contribution in [0.3, 0.4) is 0 Å². The Labute approximate surface area is 195 Å². The van der Waals surface area contributed by atoms with E-state index in [1.807, 2.05) is 6.92 Å². The number of carbonyl (C=O) groups is 1. The van der Waals surface area contributed by atoms with E-state index in [1.165, 1.54) is 68.0 Å². The molecule has 11 heteroatoms. The number of amides is 1. The Hall–Kier alpha value is -2.47. The summed E-state index contributed by atoms with van der Waals surface area (Å²) >= 11 is 0. The molecule has 1 atom stereocenters. The van der Waals surface area contributed by atoms with Crippen LogP contribution in [0.25, 0.3) is 0 Å². The minimum atomic E-state index is -3.83. The minimum Gasteiger partial charge on any atom is -0.495 e. The number of benzene rings is 2. The molecule has 2 aromatic rings. The van der Waals surface area contributed by atoms with Crippen LogP contribution in [0.15, 0.2) is 52.3 Å². The van der Waals surface area contributed by atoms with E-state index in [-0.39, 0.29) is 21.1 Å². The van der Waals surface area contributed by atoms with Gasteiger partial charge in [-0.3, -0.25) is 4.79 Å². The Morgan fingerprint density at radius 2 is 1.76 bits per heavy atom. The summed E-state index contributed by atoms with van der Waals surface area (Å²) in [6.07, 6.45) is 1.85. The normalized spacial score (nSPS) is 17.7. The van der Waals surface area contributed by atoms with Gasteiger partial charge in [0.15, 0.2) is 0 Å². The summed E-state index contributed by atoms with van der Waals surface area (Å²) in [5, 5.41) is 2.67. The summed E-state index contributed by atoms with van der Waals surface area (Å²) in [6, 6.07) is 10.1. The lowest BCUT2D eigenvalue weighted by atomic mass is 10.0. The molecule has 180 valence electrons. The van der Waals surface area contributed by atoms with E-state index in [4.69, 9.17) is 4.74 Å². The maximum atomic E-state index is 12.9. The van der Waals surface area contributed by atoms with Crippen LogP contribution in [0.5, 0.6) is 5.75 Å². The highest BCUT2D eigenvalue weighted by molar-refractivity contribution is 7.89. The number of ether oxygens (including phenoxy) is 1. The van der Waals surface area contributed by atoms with E-state index in [0.717, 1.165) is 17.1 Å². The molecular formula is C22H29N3O6S2. The summed E-state index contributed by atoms with van der Waals surface area (Å²) in [7, 11) is -3.29. The lowest BCUT2D eigenvalue weighted by Gasteiger charge is -2.30. The van der Waals surface area contributed by atoms with E-state index in [9.17, 15) is 21.6 Å². The van der Waals surface area contributed by atoms with E-state index in [0.29, 0.717) is 24.7 Å². The van der Waals surface area contributed by atoms with Crippen molar-refractivity contribution < 1.29 is 26.4 Å². The van der Waals surface area contributed by atoms with Crippen molar-refractivity contribution in [2.24, 2.45) is 5.92 Å². The highest BCUT2D eigenvalue weighted by Gasteiger charge is 2.28. The van der Waals surface area contributed by atoms with Gasteiger partial charge in [-0.2, -0.15) is 4.31 Å². The van der Waals surface area contributed by atoms with Gasteiger partial charge in [0.1, 0.15) is 10.6 Å². The average molecular weight is 496 g/mol. The zero-order valence-electron chi connectivity index (χ0n) is 19.1. The zero-order chi connectivity index (χ0) is 24.4. The smallest absolute Gasteiger partial charge is 0.255 e. The van der Waals surface area contributed by atoms with E-state index < -0.39 is 26.0 Å². The van der Waals surface area contributed by atoms with Crippen LogP contribution in [0.1, 0.15) is 30.1 Å². The first-order valence-electron chi connectivity index (χ1n) is 10.5. The van der Waals surface area contributed by atoms with Crippen molar-refractivity contribution in [1.82, 2.24) is 8.61 Å². The van der Waals surface area contributed by atoms with Crippen LogP contribution in [-0.2, 0) is 20.0 Å². The number of sulfonamides is 2. The number of nitrogens with one attached hydrogen (secondary N) is 1. The first-order valence-corrected chi connectivity index (χ1v) is 13.4. The lowest BCUT2D eigenvalue weighted by Crippen LogP contribution is -2.39. The zero-order valence-corrected chi connectivity index (χ0v) is 20.7. The van der Waals surface area contributed by atoms with Gasteiger partial charge in [-0.25, -0.2) is 21.1 Å². The van der Waals surface area contributed by atoms with Crippen LogP contribution in [0.4, 0.5) is 5.69 Å². The molecule has 0 spiro atoms. The molecule has 1 heterocycles. The second-order valence-electron chi connectivity index (χ2n) is 8.24. The SMILES string of the molecule is COc1ccc(C(=O)Nc2ccc(S(=O)(=O)N3CCCC(C)C3)cc2)cc1S(=O)(=O)N(C)C. The fourth-order valence-electron chi connectivity index (χ4n) is 3.64. The van der Waals surface area contributed by atoms with Crippen LogP contribution in [-0.4, -0.2) is 65.6 Å². The van der Waals surface area contributed by atoms with Gasteiger partial charge >= 0.3 is 0 Å². The van der Waals surface area contributed by atoms with Gasteiger partial charge in [-0.1, -0.05) is 6.92 Å². The van der Waals surface area contributed by atoms with Crippen molar-refractivity contribution in [3.8, 4) is 5.75 Å². The summed E-state index contributed by atoms with van der Waals surface area (Å²) in [6.45, 7) is 3.03. The number of piperidine rings is 1. The Kier molecular flexibility index (Phi) is 7.47. The molecular weight excluding hydrogens is 466 g/mol. The summed E-state index contributed by atoms with van der Waals surface area (Å²) in [5.41, 5.74) is 0.508. The highest BCUT2D eigenvalue weighted by atomic mass is 32.2. The minimum absolute atomic E-state index is 0.121. The predicted molar refractivity (Wildman–Crippen MR) is 125 cm³/mol. The largest absolute Gasteiger partial charge is 0.495 e. The molecule has 3 rings (SSSR count). The Morgan fingerprint density at radius 3 is 2.33 bits per heavy atom. The molecule has 1 unspecified atom stereocenters. The van der Waals surface area contributed by atoms with Gasteiger partial charge in [0.2, 0.25) is 20.0 Å². The first-order chi connectivity index (χ1) is 15.5. The van der Waals surface area contributed by atoms with Crippen molar-refractivity contribution >= 4 is 31.6 Å². The number of rotatable bonds is 7. The molecule has 1 aliphatic rings. The molecule has 0 aromatic heterocycles. The third-order valence-corrected chi connectivity index (χ3v) is 9.27. The number of hydrogen-bond acceptors (Lipinski definition) is 6. The molecule has 0 bridgehead atoms. The van der Waals surface area contributed by atoms with Gasteiger partial charge in [0, 0.05) is 38.4 Å². The van der Waals surface area contributed by atoms with E-state index in [2.05, 4.69) is 5.32 Å². The molecule has 2 aromatic carbocycles. The molecule has 1 fully saturated rings. The number of anilines is 1. The summed E-state index contributed by atoms with van der Waals surface area (Å²) in [4.78, 5) is 12.8. The Bertz CT molecular complexity index is 1230. The summed E-state index contributed by atoms with van der Waals surface area (Å²) < 4.78 is 58.6. The van der Waals surface area contributed by atoms with Crippen molar-refractivity contribution in [3.63, 3.8) is 0 Å². The predicted octanol–water partition coefficient (Wildman–Crippen LogP) is 2.62. The maximum absolute atomic E-state index is 12.9. The molecule has 0 aliphatic carbocycles. The molecule has 9 nitrogen and oxygen atoms in total. The molecule has 33 heavy (non-hydrogen) atoms. The van der Waals surface area contributed by atoms with Crippen molar-refractivity contribution in [1.29, 1.82) is 0 Å². The standard InChI is InChI=1S/C22H29N3O6S2/c1-16-6-5-13-25(15-16)32(27,28)19-10-8-18(9-11-19)23-22(26)17-7-12-20(31-4)21(14-17)33(29,30)24(2)3/h7-12,14,16H,5-6,13,15H2,1-4H3,(H,23,26). The van der Waals surface area contributed by atoms with Gasteiger partial charge in [0.25, 0.3) is 5.91 Å².